The molecule has 1 unspecified atom stereocenters. The molecule has 2 aromatic heterocycles. The van der Waals surface area contributed by atoms with Gasteiger partial charge in [-0.25, -0.2) is 9.67 Å². The summed E-state index contributed by atoms with van der Waals surface area (Å²) in [5.74, 6) is 4.94. The van der Waals surface area contributed by atoms with Crippen molar-refractivity contribution in [3.8, 4) is 23.3 Å². The molecule has 152 valence electrons. The number of hydrogen-bond acceptors (Lipinski definition) is 6. The number of likely N-dealkylation sites (tertiary alicyclic amines) is 1. The third-order valence-corrected chi connectivity index (χ3v) is 4.97. The van der Waals surface area contributed by atoms with Crippen molar-refractivity contribution in [3.05, 3.63) is 47.8 Å². The second kappa shape index (κ2) is 7.17. The molecule has 1 aromatic carbocycles. The van der Waals surface area contributed by atoms with E-state index in [0.717, 1.165) is 0 Å². The summed E-state index contributed by atoms with van der Waals surface area (Å²) in [5, 5.41) is 15.4. The van der Waals surface area contributed by atoms with Crippen LogP contribution in [0.4, 0.5) is 0 Å². The van der Waals surface area contributed by atoms with Crippen molar-refractivity contribution in [1.29, 1.82) is 0 Å². The maximum atomic E-state index is 12.2. The molecule has 0 spiro atoms. The number of nitrogens with two attached hydrogens (primary N) is 1. The first-order valence-corrected chi connectivity index (χ1v) is 9.16. The zero-order chi connectivity index (χ0) is 21.5. The fourth-order valence-corrected chi connectivity index (χ4v) is 3.35. The van der Waals surface area contributed by atoms with E-state index < -0.39 is 17.4 Å². The van der Waals surface area contributed by atoms with Crippen molar-refractivity contribution in [2.45, 2.75) is 12.0 Å². The lowest BCUT2D eigenvalue weighted by Gasteiger charge is -2.13. The molecule has 0 bridgehead atoms. The number of benzene rings is 1. The molecular formula is C21H19N5O4. The van der Waals surface area contributed by atoms with Crippen LogP contribution in [0.3, 0.4) is 0 Å². The summed E-state index contributed by atoms with van der Waals surface area (Å²) in [4.78, 5) is 29.7. The number of likely N-dealkylation sites (N-methyl/N-ethyl adjacent to an activating group) is 1. The highest BCUT2D eigenvalue weighted by Gasteiger charge is 2.42. The molecule has 0 saturated carbocycles. The molecule has 1 aliphatic rings. The molecule has 9 heteroatoms. The van der Waals surface area contributed by atoms with Crippen LogP contribution in [-0.4, -0.2) is 62.9 Å². The van der Waals surface area contributed by atoms with Gasteiger partial charge in [0, 0.05) is 37.8 Å². The summed E-state index contributed by atoms with van der Waals surface area (Å²) in [7, 11) is 3.13. The molecule has 1 fully saturated rings. The van der Waals surface area contributed by atoms with Gasteiger partial charge in [-0.1, -0.05) is 11.8 Å². The largest absolute Gasteiger partial charge is 0.497 e. The minimum Gasteiger partial charge on any atom is -0.497 e. The Kier molecular flexibility index (Phi) is 4.64. The Morgan fingerprint density at radius 2 is 2.17 bits per heavy atom. The van der Waals surface area contributed by atoms with Crippen LogP contribution in [0.5, 0.6) is 5.75 Å². The number of fused-ring (bicyclic) bond motifs is 1. The van der Waals surface area contributed by atoms with Crippen LogP contribution in [0.25, 0.3) is 16.7 Å². The molecule has 3 heterocycles. The number of nitrogens with zero attached hydrogens (tertiary/aromatic N) is 4. The molecule has 0 radical (unpaired) electrons. The predicted octanol–water partition coefficient (Wildman–Crippen LogP) is 0.473. The predicted molar refractivity (Wildman–Crippen MR) is 108 cm³/mol. The van der Waals surface area contributed by atoms with Gasteiger partial charge in [0.2, 0.25) is 5.60 Å². The van der Waals surface area contributed by atoms with Crippen molar-refractivity contribution >= 4 is 22.8 Å². The minimum atomic E-state index is -1.71. The number of rotatable bonds is 3. The summed E-state index contributed by atoms with van der Waals surface area (Å²) in [6.07, 6.45) is 1.83. The molecular weight excluding hydrogens is 386 g/mol. The first kappa shape index (κ1) is 19.4. The second-order valence-electron chi connectivity index (χ2n) is 7.01. The van der Waals surface area contributed by atoms with E-state index in [9.17, 15) is 14.7 Å². The van der Waals surface area contributed by atoms with Crippen LogP contribution in [0.1, 0.15) is 22.5 Å². The van der Waals surface area contributed by atoms with Crippen molar-refractivity contribution in [1.82, 2.24) is 19.7 Å². The molecule has 2 amide bonds. The van der Waals surface area contributed by atoms with E-state index in [2.05, 4.69) is 21.9 Å². The zero-order valence-electron chi connectivity index (χ0n) is 16.4. The van der Waals surface area contributed by atoms with Crippen LogP contribution in [0, 0.1) is 11.8 Å². The highest BCUT2D eigenvalue weighted by atomic mass is 16.5. The lowest BCUT2D eigenvalue weighted by Crippen LogP contribution is -2.37. The number of carbonyl (C=O) groups excluding carboxylic acids is 2. The van der Waals surface area contributed by atoms with E-state index in [1.54, 1.807) is 43.6 Å². The summed E-state index contributed by atoms with van der Waals surface area (Å²) < 4.78 is 6.84. The fraction of sp³-hybridized carbons (Fsp3) is 0.238. The van der Waals surface area contributed by atoms with Crippen LogP contribution in [0.15, 0.2) is 36.5 Å². The highest BCUT2D eigenvalue weighted by molar-refractivity contribution is 6.03. The van der Waals surface area contributed by atoms with Crippen LogP contribution >= 0.6 is 0 Å². The van der Waals surface area contributed by atoms with E-state index in [0.29, 0.717) is 34.6 Å². The SMILES string of the molecule is COc1cc(C#CC2(O)CCN(C)C2=O)cc(-n2nc(C(N)=O)c3cccnc32)c1. The summed E-state index contributed by atoms with van der Waals surface area (Å²) in [6, 6.07) is 8.50. The van der Waals surface area contributed by atoms with E-state index in [1.807, 2.05) is 0 Å². The molecule has 9 nitrogen and oxygen atoms in total. The van der Waals surface area contributed by atoms with Gasteiger partial charge in [-0.15, -0.1) is 0 Å². The number of primary amides is 1. The topological polar surface area (TPSA) is 124 Å². The van der Waals surface area contributed by atoms with Crippen LogP contribution in [-0.2, 0) is 4.79 Å². The fourth-order valence-electron chi connectivity index (χ4n) is 3.35. The lowest BCUT2D eigenvalue weighted by atomic mass is 10.0. The van der Waals surface area contributed by atoms with E-state index in [4.69, 9.17) is 10.5 Å². The molecule has 3 N–H and O–H groups in total. The molecule has 1 atom stereocenters. The van der Waals surface area contributed by atoms with Gasteiger partial charge >= 0.3 is 0 Å². The van der Waals surface area contributed by atoms with Crippen molar-refractivity contribution in [3.63, 3.8) is 0 Å². The maximum Gasteiger partial charge on any atom is 0.269 e. The summed E-state index contributed by atoms with van der Waals surface area (Å²) >= 11 is 0. The van der Waals surface area contributed by atoms with E-state index in [-0.39, 0.29) is 12.1 Å². The average Bonchev–Trinajstić information content (AvgIpc) is 3.26. The second-order valence-corrected chi connectivity index (χ2v) is 7.01. The monoisotopic (exact) mass is 405 g/mol. The Bertz CT molecular complexity index is 1240. The number of pyridine rings is 1. The first-order chi connectivity index (χ1) is 14.3. The Morgan fingerprint density at radius 1 is 1.37 bits per heavy atom. The van der Waals surface area contributed by atoms with E-state index >= 15 is 0 Å². The molecule has 4 rings (SSSR count). The molecule has 1 saturated heterocycles. The van der Waals surface area contributed by atoms with Gasteiger partial charge in [-0.2, -0.15) is 5.10 Å². The Morgan fingerprint density at radius 3 is 2.83 bits per heavy atom. The third kappa shape index (κ3) is 3.23. The van der Waals surface area contributed by atoms with Crippen LogP contribution < -0.4 is 10.5 Å². The molecule has 30 heavy (non-hydrogen) atoms. The average molecular weight is 405 g/mol. The third-order valence-electron chi connectivity index (χ3n) is 4.97. The Hall–Kier alpha value is -3.90. The van der Waals surface area contributed by atoms with Gasteiger partial charge in [-0.3, -0.25) is 9.59 Å². The number of carbonyl (C=O) groups is 2. The van der Waals surface area contributed by atoms with Gasteiger partial charge in [0.1, 0.15) is 5.75 Å². The number of hydrogen-bond donors (Lipinski definition) is 2. The van der Waals surface area contributed by atoms with Gasteiger partial charge in [0.25, 0.3) is 11.8 Å². The Labute approximate surface area is 172 Å². The minimum absolute atomic E-state index is 0.0995. The van der Waals surface area contributed by atoms with Gasteiger partial charge in [-0.05, 0) is 24.3 Å². The number of aromatic nitrogens is 3. The molecule has 3 aromatic rings. The van der Waals surface area contributed by atoms with Gasteiger partial charge in [0.15, 0.2) is 11.3 Å². The number of aliphatic hydroxyl groups is 1. The number of ether oxygens (including phenoxy) is 1. The van der Waals surface area contributed by atoms with Crippen molar-refractivity contribution < 1.29 is 19.4 Å². The standard InChI is InChI=1S/C21H19N5O4/c1-25-9-7-21(29,20(25)28)6-5-13-10-14(12-15(11-13)30-2)26-19-16(4-3-8-23-19)17(24-26)18(22)27/h3-4,8,10-12,29H,7,9H2,1-2H3,(H2,22,27). The highest BCUT2D eigenvalue weighted by Crippen LogP contribution is 2.25. The zero-order valence-corrected chi connectivity index (χ0v) is 16.4. The first-order valence-electron chi connectivity index (χ1n) is 9.16. The number of methoxy groups -OCH3 is 1. The lowest BCUT2D eigenvalue weighted by molar-refractivity contribution is -0.137. The van der Waals surface area contributed by atoms with Gasteiger partial charge in [0.05, 0.1) is 18.2 Å². The normalized spacial score (nSPS) is 18.4. The Balaban J connectivity index is 1.83. The quantitative estimate of drug-likeness (QED) is 0.611. The summed E-state index contributed by atoms with van der Waals surface area (Å²) in [5.41, 5.74) is 5.34. The van der Waals surface area contributed by atoms with Gasteiger partial charge < -0.3 is 20.5 Å². The summed E-state index contributed by atoms with van der Waals surface area (Å²) in [6.45, 7) is 0.439. The van der Waals surface area contributed by atoms with Crippen molar-refractivity contribution in [2.24, 2.45) is 5.73 Å². The molecule has 0 aliphatic carbocycles. The van der Waals surface area contributed by atoms with E-state index in [1.165, 1.54) is 16.7 Å². The number of amides is 2. The maximum absolute atomic E-state index is 12.2. The van der Waals surface area contributed by atoms with Crippen LogP contribution in [0.2, 0.25) is 0 Å². The molecule has 1 aliphatic heterocycles. The van der Waals surface area contributed by atoms with Crippen molar-refractivity contribution in [2.75, 3.05) is 20.7 Å². The smallest absolute Gasteiger partial charge is 0.269 e.